The van der Waals surface area contributed by atoms with Crippen LogP contribution in [0.15, 0.2) is 22.7 Å². The van der Waals surface area contributed by atoms with E-state index in [-0.39, 0.29) is 17.7 Å². The number of hydrogen-bond acceptors (Lipinski definition) is 3. The molecule has 1 aromatic rings. The normalized spacial score (nSPS) is 21.6. The van der Waals surface area contributed by atoms with E-state index in [0.29, 0.717) is 34.4 Å². The van der Waals surface area contributed by atoms with Crippen molar-refractivity contribution in [1.82, 2.24) is 10.2 Å². The highest BCUT2D eigenvalue weighted by Crippen LogP contribution is 2.29. The lowest BCUT2D eigenvalue weighted by atomic mass is 9.96. The predicted octanol–water partition coefficient (Wildman–Crippen LogP) is 3.39. The second-order valence-corrected chi connectivity index (χ2v) is 8.03. The first-order chi connectivity index (χ1) is 11.9. The van der Waals surface area contributed by atoms with Gasteiger partial charge in [0.2, 0.25) is 5.91 Å². The first kappa shape index (κ1) is 18.5. The Morgan fingerprint density at radius 3 is 2.80 bits per heavy atom. The van der Waals surface area contributed by atoms with Crippen LogP contribution in [0.25, 0.3) is 0 Å². The van der Waals surface area contributed by atoms with Crippen LogP contribution in [0.4, 0.5) is 0 Å². The molecule has 0 spiro atoms. The number of ether oxygens (including phenoxy) is 1. The van der Waals surface area contributed by atoms with E-state index in [2.05, 4.69) is 21.2 Å². The lowest BCUT2D eigenvalue weighted by molar-refractivity contribution is -0.141. The van der Waals surface area contributed by atoms with E-state index in [1.165, 1.54) is 0 Å². The molecule has 1 saturated carbocycles. The summed E-state index contributed by atoms with van der Waals surface area (Å²) < 4.78 is 6.50. The fraction of sp³-hybridized carbons (Fsp3) is 0.556. The standard InChI is InChI=1S/C18H22BrClN2O3/c1-11(25-16-7-4-13(20)9-15(16)19)18(24)22-8-2-3-12(10-22)17(23)21-14-5-6-14/h4,7,9,11-12,14H,2-3,5-6,8,10H2,1H3,(H,21,23). The van der Waals surface area contributed by atoms with Gasteiger partial charge in [-0.2, -0.15) is 0 Å². The van der Waals surface area contributed by atoms with Crippen molar-refractivity contribution in [2.24, 2.45) is 5.92 Å². The van der Waals surface area contributed by atoms with E-state index in [4.69, 9.17) is 16.3 Å². The van der Waals surface area contributed by atoms with Gasteiger partial charge in [-0.3, -0.25) is 9.59 Å². The number of amides is 2. The van der Waals surface area contributed by atoms with Gasteiger partial charge in [0, 0.05) is 24.2 Å². The molecule has 3 rings (SSSR count). The largest absolute Gasteiger partial charge is 0.480 e. The SMILES string of the molecule is CC(Oc1ccc(Cl)cc1Br)C(=O)N1CCCC(C(=O)NC2CC2)C1. The van der Waals surface area contributed by atoms with Crippen molar-refractivity contribution in [3.8, 4) is 5.75 Å². The molecular formula is C18H22BrClN2O3. The van der Waals surface area contributed by atoms with Gasteiger partial charge in [-0.25, -0.2) is 0 Å². The molecule has 2 unspecified atom stereocenters. The maximum atomic E-state index is 12.7. The van der Waals surface area contributed by atoms with Gasteiger partial charge in [-0.1, -0.05) is 11.6 Å². The maximum Gasteiger partial charge on any atom is 0.263 e. The number of likely N-dealkylation sites (tertiary alicyclic amines) is 1. The Bertz CT molecular complexity index is 666. The lowest BCUT2D eigenvalue weighted by Gasteiger charge is -2.33. The number of hydrogen-bond donors (Lipinski definition) is 1. The highest BCUT2D eigenvalue weighted by molar-refractivity contribution is 9.10. The summed E-state index contributed by atoms with van der Waals surface area (Å²) in [5.41, 5.74) is 0. The zero-order chi connectivity index (χ0) is 18.0. The number of rotatable bonds is 5. The molecule has 0 aromatic heterocycles. The fourth-order valence-corrected chi connectivity index (χ4v) is 3.78. The van der Waals surface area contributed by atoms with Crippen LogP contribution in [0.2, 0.25) is 5.02 Å². The van der Waals surface area contributed by atoms with Crippen molar-refractivity contribution in [2.75, 3.05) is 13.1 Å². The van der Waals surface area contributed by atoms with E-state index in [1.807, 2.05) is 0 Å². The van der Waals surface area contributed by atoms with Crippen LogP contribution >= 0.6 is 27.5 Å². The summed E-state index contributed by atoms with van der Waals surface area (Å²) in [6.45, 7) is 2.87. The first-order valence-corrected chi connectivity index (χ1v) is 9.82. The minimum absolute atomic E-state index is 0.0778. The molecule has 1 aliphatic carbocycles. The zero-order valence-corrected chi connectivity index (χ0v) is 16.5. The number of benzene rings is 1. The molecule has 7 heteroatoms. The fourth-order valence-electron chi connectivity index (χ4n) is 3.01. The molecule has 2 fully saturated rings. The molecule has 5 nitrogen and oxygen atoms in total. The molecule has 1 N–H and O–H groups in total. The Labute approximate surface area is 161 Å². The Kier molecular flexibility index (Phi) is 5.89. The average Bonchev–Trinajstić information content (AvgIpc) is 3.40. The average molecular weight is 430 g/mol. The molecule has 1 aliphatic heterocycles. The molecule has 1 saturated heterocycles. The summed E-state index contributed by atoms with van der Waals surface area (Å²) in [6, 6.07) is 5.53. The second-order valence-electron chi connectivity index (χ2n) is 6.74. The summed E-state index contributed by atoms with van der Waals surface area (Å²) in [4.78, 5) is 26.7. The van der Waals surface area contributed by atoms with Gasteiger partial charge in [0.25, 0.3) is 5.91 Å². The summed E-state index contributed by atoms with van der Waals surface area (Å²) in [6.07, 6.45) is 3.19. The number of piperidine rings is 1. The number of nitrogens with one attached hydrogen (secondary N) is 1. The molecule has 2 aliphatic rings. The highest BCUT2D eigenvalue weighted by Gasteiger charge is 2.33. The lowest BCUT2D eigenvalue weighted by Crippen LogP contribution is -2.49. The van der Waals surface area contributed by atoms with Gasteiger partial charge in [0.1, 0.15) is 5.75 Å². The summed E-state index contributed by atoms with van der Waals surface area (Å²) in [5, 5.41) is 3.63. The number of nitrogens with zero attached hydrogens (tertiary/aromatic N) is 1. The third-order valence-corrected chi connectivity index (χ3v) is 5.43. The van der Waals surface area contributed by atoms with Crippen molar-refractivity contribution >= 4 is 39.3 Å². The molecule has 136 valence electrons. The summed E-state index contributed by atoms with van der Waals surface area (Å²) in [7, 11) is 0. The molecule has 25 heavy (non-hydrogen) atoms. The topological polar surface area (TPSA) is 58.6 Å². The summed E-state index contributed by atoms with van der Waals surface area (Å²) >= 11 is 9.32. The molecule has 1 aromatic carbocycles. The third kappa shape index (κ3) is 4.88. The minimum Gasteiger partial charge on any atom is -0.480 e. The molecule has 0 radical (unpaired) electrons. The Morgan fingerprint density at radius 2 is 2.12 bits per heavy atom. The highest BCUT2D eigenvalue weighted by atomic mass is 79.9. The number of carbonyl (C=O) groups excluding carboxylic acids is 2. The van der Waals surface area contributed by atoms with Crippen LogP contribution in [0.5, 0.6) is 5.75 Å². The van der Waals surface area contributed by atoms with Gasteiger partial charge in [-0.05, 0) is 66.7 Å². The van der Waals surface area contributed by atoms with E-state index in [9.17, 15) is 9.59 Å². The second kappa shape index (κ2) is 7.96. The van der Waals surface area contributed by atoms with E-state index >= 15 is 0 Å². The molecule has 2 atom stereocenters. The number of halogens is 2. The van der Waals surface area contributed by atoms with Crippen molar-refractivity contribution in [3.63, 3.8) is 0 Å². The minimum atomic E-state index is -0.622. The van der Waals surface area contributed by atoms with E-state index < -0.39 is 6.10 Å². The van der Waals surface area contributed by atoms with E-state index in [0.717, 1.165) is 25.7 Å². The van der Waals surface area contributed by atoms with Crippen LogP contribution in [-0.4, -0.2) is 41.9 Å². The molecule has 2 amide bonds. The van der Waals surface area contributed by atoms with Crippen molar-refractivity contribution < 1.29 is 14.3 Å². The smallest absolute Gasteiger partial charge is 0.263 e. The van der Waals surface area contributed by atoms with Gasteiger partial charge < -0.3 is 15.0 Å². The Morgan fingerprint density at radius 1 is 1.36 bits per heavy atom. The van der Waals surface area contributed by atoms with Gasteiger partial charge in [0.15, 0.2) is 6.10 Å². The molecule has 1 heterocycles. The first-order valence-electron chi connectivity index (χ1n) is 8.65. The molecular weight excluding hydrogens is 408 g/mol. The maximum absolute atomic E-state index is 12.7. The predicted molar refractivity (Wildman–Crippen MR) is 99.7 cm³/mol. The van der Waals surface area contributed by atoms with Crippen molar-refractivity contribution in [3.05, 3.63) is 27.7 Å². The monoisotopic (exact) mass is 428 g/mol. The molecule has 0 bridgehead atoms. The third-order valence-electron chi connectivity index (χ3n) is 4.57. The number of carbonyl (C=O) groups is 2. The van der Waals surface area contributed by atoms with Gasteiger partial charge in [-0.15, -0.1) is 0 Å². The van der Waals surface area contributed by atoms with Crippen molar-refractivity contribution in [1.29, 1.82) is 0 Å². The quantitative estimate of drug-likeness (QED) is 0.780. The van der Waals surface area contributed by atoms with E-state index in [1.54, 1.807) is 30.0 Å². The Balaban J connectivity index is 1.57. The summed E-state index contributed by atoms with van der Waals surface area (Å²) in [5.74, 6) is 0.442. The van der Waals surface area contributed by atoms with Crippen molar-refractivity contribution in [2.45, 2.75) is 44.8 Å². The van der Waals surface area contributed by atoms with Crippen LogP contribution in [0, 0.1) is 5.92 Å². The van der Waals surface area contributed by atoms with Crippen LogP contribution in [-0.2, 0) is 9.59 Å². The van der Waals surface area contributed by atoms with Gasteiger partial charge in [0.05, 0.1) is 10.4 Å². The van der Waals surface area contributed by atoms with Crippen LogP contribution < -0.4 is 10.1 Å². The van der Waals surface area contributed by atoms with Crippen LogP contribution in [0.3, 0.4) is 0 Å². The van der Waals surface area contributed by atoms with Gasteiger partial charge >= 0.3 is 0 Å². The zero-order valence-electron chi connectivity index (χ0n) is 14.1. The Hall–Kier alpha value is -1.27. The van der Waals surface area contributed by atoms with Crippen LogP contribution in [0.1, 0.15) is 32.6 Å².